The molecule has 2 aromatic rings. The van der Waals surface area contributed by atoms with Crippen LogP contribution in [0, 0.1) is 0 Å². The van der Waals surface area contributed by atoms with Crippen molar-refractivity contribution in [3.05, 3.63) is 45.6 Å². The van der Waals surface area contributed by atoms with Crippen molar-refractivity contribution in [1.82, 2.24) is 0 Å². The van der Waals surface area contributed by atoms with Gasteiger partial charge in [0.05, 0.1) is 9.21 Å². The SMILES string of the molecule is O=C(Nc1ccc(OC(F)(F)F)cc1)C1CC(c2ccc(Cl)s2)=NO1. The van der Waals surface area contributed by atoms with Gasteiger partial charge in [-0.15, -0.1) is 24.5 Å². The summed E-state index contributed by atoms with van der Waals surface area (Å²) in [6, 6.07) is 8.32. The second kappa shape index (κ2) is 6.93. The van der Waals surface area contributed by atoms with E-state index in [-0.39, 0.29) is 12.2 Å². The van der Waals surface area contributed by atoms with Gasteiger partial charge in [0.15, 0.2) is 0 Å². The van der Waals surface area contributed by atoms with Gasteiger partial charge in [-0.3, -0.25) is 4.79 Å². The number of amides is 1. The first-order valence-electron chi connectivity index (χ1n) is 6.95. The number of alkyl halides is 3. The Kier molecular flexibility index (Phi) is 4.87. The number of benzene rings is 1. The van der Waals surface area contributed by atoms with Crippen molar-refractivity contribution in [2.45, 2.75) is 18.9 Å². The summed E-state index contributed by atoms with van der Waals surface area (Å²) in [5.41, 5.74) is 0.932. The zero-order chi connectivity index (χ0) is 18.0. The van der Waals surface area contributed by atoms with E-state index in [4.69, 9.17) is 16.4 Å². The van der Waals surface area contributed by atoms with Gasteiger partial charge in [-0.25, -0.2) is 0 Å². The fourth-order valence-electron chi connectivity index (χ4n) is 2.10. The van der Waals surface area contributed by atoms with Crippen molar-refractivity contribution in [1.29, 1.82) is 0 Å². The first-order valence-corrected chi connectivity index (χ1v) is 8.15. The van der Waals surface area contributed by atoms with Gasteiger partial charge >= 0.3 is 6.36 Å². The Morgan fingerprint density at radius 1 is 1.28 bits per heavy atom. The molecule has 1 N–H and O–H groups in total. The van der Waals surface area contributed by atoms with E-state index in [1.54, 1.807) is 12.1 Å². The summed E-state index contributed by atoms with van der Waals surface area (Å²) < 4.78 is 40.7. The minimum atomic E-state index is -4.76. The molecule has 3 rings (SSSR count). The lowest BCUT2D eigenvalue weighted by Gasteiger charge is -2.11. The number of nitrogens with zero attached hydrogens (tertiary/aromatic N) is 1. The number of ether oxygens (including phenoxy) is 1. The van der Waals surface area contributed by atoms with Crippen molar-refractivity contribution in [3.63, 3.8) is 0 Å². The monoisotopic (exact) mass is 390 g/mol. The molecule has 1 aliphatic rings. The van der Waals surface area contributed by atoms with Crippen LogP contribution < -0.4 is 10.1 Å². The number of hydrogen-bond donors (Lipinski definition) is 1. The largest absolute Gasteiger partial charge is 0.573 e. The lowest BCUT2D eigenvalue weighted by Crippen LogP contribution is -2.27. The van der Waals surface area contributed by atoms with Gasteiger partial charge in [0.1, 0.15) is 11.5 Å². The molecule has 0 saturated carbocycles. The summed E-state index contributed by atoms with van der Waals surface area (Å²) >= 11 is 7.19. The van der Waals surface area contributed by atoms with E-state index in [0.29, 0.717) is 15.7 Å². The summed E-state index contributed by atoms with van der Waals surface area (Å²) in [5, 5.41) is 6.43. The fourth-order valence-corrected chi connectivity index (χ4v) is 3.13. The van der Waals surface area contributed by atoms with Gasteiger partial charge in [-0.1, -0.05) is 16.8 Å². The van der Waals surface area contributed by atoms with Crippen LogP contribution in [0.2, 0.25) is 4.34 Å². The third kappa shape index (κ3) is 4.64. The summed E-state index contributed by atoms with van der Waals surface area (Å²) in [6.45, 7) is 0. The maximum Gasteiger partial charge on any atom is 0.573 e. The molecule has 1 aromatic heterocycles. The number of carbonyl (C=O) groups is 1. The molecule has 1 aromatic carbocycles. The van der Waals surface area contributed by atoms with E-state index >= 15 is 0 Å². The molecule has 1 atom stereocenters. The maximum absolute atomic E-state index is 12.2. The molecule has 25 heavy (non-hydrogen) atoms. The highest BCUT2D eigenvalue weighted by Gasteiger charge is 2.31. The number of rotatable bonds is 4. The highest BCUT2D eigenvalue weighted by Crippen LogP contribution is 2.27. The number of halogens is 4. The van der Waals surface area contributed by atoms with Crippen LogP contribution in [0.4, 0.5) is 18.9 Å². The standard InChI is InChI=1S/C15H10ClF3N2O3S/c16-13-6-5-12(25-13)10-7-11(24-21-10)14(22)20-8-1-3-9(4-2-8)23-15(17,18)19/h1-6,11H,7H2,(H,20,22). The van der Waals surface area contributed by atoms with Crippen LogP contribution in [0.1, 0.15) is 11.3 Å². The summed E-state index contributed by atoms with van der Waals surface area (Å²) in [4.78, 5) is 18.1. The Balaban J connectivity index is 1.56. The quantitative estimate of drug-likeness (QED) is 0.840. The van der Waals surface area contributed by atoms with Crippen molar-refractivity contribution < 1.29 is 27.5 Å². The summed E-state index contributed by atoms with van der Waals surface area (Å²) in [6.07, 6.45) is -5.30. The molecule has 2 heterocycles. The van der Waals surface area contributed by atoms with Crippen molar-refractivity contribution in [2.75, 3.05) is 5.32 Å². The minimum Gasteiger partial charge on any atom is -0.406 e. The zero-order valence-electron chi connectivity index (χ0n) is 12.3. The van der Waals surface area contributed by atoms with E-state index in [9.17, 15) is 18.0 Å². The van der Waals surface area contributed by atoms with Crippen LogP contribution in [-0.4, -0.2) is 24.1 Å². The van der Waals surface area contributed by atoms with Crippen molar-refractivity contribution in [2.24, 2.45) is 5.16 Å². The van der Waals surface area contributed by atoms with Gasteiger partial charge in [-0.2, -0.15) is 0 Å². The number of carbonyl (C=O) groups excluding carboxylic acids is 1. The second-order valence-corrected chi connectivity index (χ2v) is 6.72. The number of anilines is 1. The van der Waals surface area contributed by atoms with E-state index in [1.807, 2.05) is 0 Å². The smallest absolute Gasteiger partial charge is 0.406 e. The number of oxime groups is 1. The van der Waals surface area contributed by atoms with Crippen molar-refractivity contribution in [3.8, 4) is 5.75 Å². The topological polar surface area (TPSA) is 59.9 Å². The maximum atomic E-state index is 12.2. The van der Waals surface area contributed by atoms with Crippen LogP contribution >= 0.6 is 22.9 Å². The molecule has 1 amide bonds. The van der Waals surface area contributed by atoms with Gasteiger partial charge in [0.25, 0.3) is 5.91 Å². The molecule has 0 aliphatic carbocycles. The molecular weight excluding hydrogens is 381 g/mol. The molecular formula is C15H10ClF3N2O3S. The van der Waals surface area contributed by atoms with Gasteiger partial charge < -0.3 is 14.9 Å². The molecule has 1 aliphatic heterocycles. The lowest BCUT2D eigenvalue weighted by molar-refractivity contribution is -0.274. The fraction of sp³-hybridized carbons (Fsp3) is 0.200. The van der Waals surface area contributed by atoms with E-state index in [1.165, 1.54) is 23.5 Å². The molecule has 0 radical (unpaired) electrons. The molecule has 1 unspecified atom stereocenters. The number of hydrogen-bond acceptors (Lipinski definition) is 5. The normalized spacial score (nSPS) is 17.0. The van der Waals surface area contributed by atoms with E-state index in [2.05, 4.69) is 15.2 Å². The van der Waals surface area contributed by atoms with E-state index < -0.39 is 18.4 Å². The first-order chi connectivity index (χ1) is 11.8. The first kappa shape index (κ1) is 17.6. The van der Waals surface area contributed by atoms with Crippen LogP contribution in [-0.2, 0) is 9.63 Å². The molecule has 132 valence electrons. The highest BCUT2D eigenvalue weighted by atomic mass is 35.5. The minimum absolute atomic E-state index is 0.276. The Labute approximate surface area is 149 Å². The number of thiophene rings is 1. The molecule has 0 bridgehead atoms. The summed E-state index contributed by atoms with van der Waals surface area (Å²) in [7, 11) is 0. The Hall–Kier alpha value is -2.26. The van der Waals surface area contributed by atoms with Crippen molar-refractivity contribution >= 4 is 40.2 Å². The molecule has 0 spiro atoms. The Morgan fingerprint density at radius 2 is 2.00 bits per heavy atom. The predicted octanol–water partition coefficient (Wildman–Crippen LogP) is 4.43. The highest BCUT2D eigenvalue weighted by molar-refractivity contribution is 7.18. The lowest BCUT2D eigenvalue weighted by atomic mass is 10.1. The van der Waals surface area contributed by atoms with Crippen LogP contribution in [0.15, 0.2) is 41.6 Å². The van der Waals surface area contributed by atoms with Gasteiger partial charge in [-0.05, 0) is 36.4 Å². The van der Waals surface area contributed by atoms with Gasteiger partial charge in [0, 0.05) is 12.1 Å². The van der Waals surface area contributed by atoms with Crippen LogP contribution in [0.3, 0.4) is 0 Å². The molecule has 0 fully saturated rings. The zero-order valence-corrected chi connectivity index (χ0v) is 13.9. The number of nitrogens with one attached hydrogen (secondary N) is 1. The van der Waals surface area contributed by atoms with Gasteiger partial charge in [0.2, 0.25) is 6.10 Å². The Bertz CT molecular complexity index is 805. The van der Waals surface area contributed by atoms with E-state index in [0.717, 1.165) is 17.0 Å². The molecule has 5 nitrogen and oxygen atoms in total. The molecule has 0 saturated heterocycles. The third-order valence-electron chi connectivity index (χ3n) is 3.17. The Morgan fingerprint density at radius 3 is 2.60 bits per heavy atom. The second-order valence-electron chi connectivity index (χ2n) is 5.00. The predicted molar refractivity (Wildman–Crippen MR) is 87.1 cm³/mol. The van der Waals surface area contributed by atoms with Crippen LogP contribution in [0.5, 0.6) is 5.75 Å². The average Bonchev–Trinajstić information content (AvgIpc) is 3.16. The van der Waals surface area contributed by atoms with Crippen LogP contribution in [0.25, 0.3) is 0 Å². The molecule has 10 heteroatoms. The third-order valence-corrected chi connectivity index (χ3v) is 4.45. The average molecular weight is 391 g/mol. The summed E-state index contributed by atoms with van der Waals surface area (Å²) in [5.74, 6) is -0.825.